The highest BCUT2D eigenvalue weighted by Gasteiger charge is 2.50. The van der Waals surface area contributed by atoms with Crippen molar-refractivity contribution in [3.63, 3.8) is 0 Å². The van der Waals surface area contributed by atoms with Crippen LogP contribution in [0.5, 0.6) is 0 Å². The second-order valence-electron chi connectivity index (χ2n) is 6.45. The summed E-state index contributed by atoms with van der Waals surface area (Å²) in [5.41, 5.74) is -0.620. The summed E-state index contributed by atoms with van der Waals surface area (Å²) in [5, 5.41) is 21.2. The third-order valence-electron chi connectivity index (χ3n) is 4.45. The molecule has 4 heteroatoms. The van der Waals surface area contributed by atoms with Gasteiger partial charge in [0.25, 0.3) is 0 Å². The number of aldehydes is 1. The molecule has 0 aromatic heterocycles. The molecule has 2 N–H and O–H groups in total. The second-order valence-corrected chi connectivity index (χ2v) is 6.45. The van der Waals surface area contributed by atoms with Crippen LogP contribution < -0.4 is 0 Å². The molecule has 0 aromatic rings. The average Bonchev–Trinajstić information content (AvgIpc) is 2.33. The predicted molar refractivity (Wildman–Crippen MR) is 81.6 cm³/mol. The van der Waals surface area contributed by atoms with Gasteiger partial charge >= 0.3 is 0 Å². The van der Waals surface area contributed by atoms with Gasteiger partial charge in [-0.05, 0) is 56.1 Å². The number of hydrogen-bond donors (Lipinski definition) is 2. The lowest BCUT2D eigenvalue weighted by molar-refractivity contribution is -0.104. The van der Waals surface area contributed by atoms with Crippen LogP contribution in [0, 0.1) is 5.41 Å². The van der Waals surface area contributed by atoms with Crippen LogP contribution in [-0.2, 0) is 4.79 Å². The van der Waals surface area contributed by atoms with Gasteiger partial charge < -0.3 is 10.2 Å². The summed E-state index contributed by atoms with van der Waals surface area (Å²) < 4.78 is 13.8. The summed E-state index contributed by atoms with van der Waals surface area (Å²) in [6, 6.07) is 0. The number of hydrogen-bond acceptors (Lipinski definition) is 3. The number of aliphatic hydroxyl groups excluding tert-OH is 1. The fraction of sp³-hybridized carbons (Fsp3) is 0.588. The molecule has 0 fully saturated rings. The van der Waals surface area contributed by atoms with E-state index in [0.717, 1.165) is 0 Å². The number of carbonyl (C=O) groups is 1. The molecule has 0 amide bonds. The van der Waals surface area contributed by atoms with Gasteiger partial charge in [-0.1, -0.05) is 19.9 Å². The van der Waals surface area contributed by atoms with Crippen LogP contribution in [-0.4, -0.2) is 34.4 Å². The number of carbonyl (C=O) groups excluding carboxylic acids is 1. The zero-order valence-corrected chi connectivity index (χ0v) is 13.4. The normalized spacial score (nSPS) is 31.6. The lowest BCUT2D eigenvalue weighted by Crippen LogP contribution is -2.51. The van der Waals surface area contributed by atoms with E-state index < -0.39 is 23.3 Å². The first-order valence-corrected chi connectivity index (χ1v) is 7.13. The van der Waals surface area contributed by atoms with Crippen LogP contribution in [0.3, 0.4) is 0 Å². The molecule has 0 aliphatic heterocycles. The van der Waals surface area contributed by atoms with Gasteiger partial charge in [-0.3, -0.25) is 4.79 Å². The van der Waals surface area contributed by atoms with E-state index in [-0.39, 0.29) is 12.0 Å². The summed E-state index contributed by atoms with van der Waals surface area (Å²) in [4.78, 5) is 10.5. The highest BCUT2D eigenvalue weighted by atomic mass is 19.1. The molecule has 0 bridgehead atoms. The molecule has 21 heavy (non-hydrogen) atoms. The minimum absolute atomic E-state index is 0.249. The minimum Gasteiger partial charge on any atom is -0.389 e. The smallest absolute Gasteiger partial charge is 0.143 e. The maximum atomic E-state index is 13.8. The summed E-state index contributed by atoms with van der Waals surface area (Å²) in [5.74, 6) is 0. The molecule has 0 heterocycles. The summed E-state index contributed by atoms with van der Waals surface area (Å²) in [6.45, 7) is 8.43. The van der Waals surface area contributed by atoms with Crippen LogP contribution in [0.25, 0.3) is 0 Å². The Morgan fingerprint density at radius 1 is 1.48 bits per heavy atom. The van der Waals surface area contributed by atoms with Crippen molar-refractivity contribution in [2.24, 2.45) is 5.41 Å². The van der Waals surface area contributed by atoms with E-state index in [0.29, 0.717) is 17.4 Å². The van der Waals surface area contributed by atoms with Crippen molar-refractivity contribution in [1.29, 1.82) is 0 Å². The average molecular weight is 296 g/mol. The molecule has 0 spiro atoms. The third-order valence-corrected chi connectivity index (χ3v) is 4.45. The molecular weight excluding hydrogens is 271 g/mol. The second kappa shape index (κ2) is 6.24. The quantitative estimate of drug-likeness (QED) is 0.363. The molecule has 1 aliphatic rings. The molecule has 3 nitrogen and oxygen atoms in total. The van der Waals surface area contributed by atoms with E-state index in [9.17, 15) is 19.4 Å². The Morgan fingerprint density at radius 2 is 2.05 bits per heavy atom. The predicted octanol–water partition coefficient (Wildman–Crippen LogP) is 2.88. The van der Waals surface area contributed by atoms with Gasteiger partial charge in [0, 0.05) is 5.41 Å². The fourth-order valence-electron chi connectivity index (χ4n) is 3.06. The van der Waals surface area contributed by atoms with E-state index in [2.05, 4.69) is 0 Å². The molecule has 3 unspecified atom stereocenters. The minimum atomic E-state index is -1.36. The fourth-order valence-corrected chi connectivity index (χ4v) is 3.06. The Bertz CT molecular complexity index is 500. The first-order chi connectivity index (χ1) is 9.56. The Labute approximate surface area is 125 Å². The molecule has 1 aliphatic carbocycles. The molecule has 0 saturated heterocycles. The van der Waals surface area contributed by atoms with Gasteiger partial charge in [0.2, 0.25) is 0 Å². The van der Waals surface area contributed by atoms with Gasteiger partial charge in [-0.15, -0.1) is 0 Å². The monoisotopic (exact) mass is 296 g/mol. The van der Waals surface area contributed by atoms with Crippen LogP contribution in [0.2, 0.25) is 0 Å². The van der Waals surface area contributed by atoms with E-state index in [1.165, 1.54) is 13.0 Å². The Morgan fingerprint density at radius 3 is 2.52 bits per heavy atom. The number of aliphatic hydroxyl groups is 2. The zero-order valence-electron chi connectivity index (χ0n) is 13.4. The van der Waals surface area contributed by atoms with Crippen molar-refractivity contribution in [3.05, 3.63) is 34.9 Å². The van der Waals surface area contributed by atoms with Crippen molar-refractivity contribution in [1.82, 2.24) is 0 Å². The lowest BCUT2D eigenvalue weighted by atomic mass is 9.61. The number of halogens is 1. The van der Waals surface area contributed by atoms with Gasteiger partial charge in [0.15, 0.2) is 0 Å². The first kappa shape index (κ1) is 17.8. The maximum absolute atomic E-state index is 13.8. The lowest BCUT2D eigenvalue weighted by Gasteiger charge is -2.48. The SMILES string of the molecule is CC(C=CC1(O)C(C)=C(C(C)F)C(O)CC1(C)C)=CC=O. The molecule has 3 atom stereocenters. The van der Waals surface area contributed by atoms with Gasteiger partial charge in [0.05, 0.1) is 6.10 Å². The number of alkyl halides is 1. The third kappa shape index (κ3) is 3.33. The Kier molecular flexibility index (Phi) is 5.29. The number of rotatable bonds is 4. The van der Waals surface area contributed by atoms with Gasteiger partial charge in [0.1, 0.15) is 18.1 Å². The van der Waals surface area contributed by atoms with Crippen molar-refractivity contribution < 1.29 is 19.4 Å². The van der Waals surface area contributed by atoms with Crippen molar-refractivity contribution in [2.75, 3.05) is 0 Å². The van der Waals surface area contributed by atoms with E-state index >= 15 is 0 Å². The zero-order chi connectivity index (χ0) is 16.4. The Hall–Kier alpha value is -1.26. The molecular formula is C17H25FO3. The van der Waals surface area contributed by atoms with Crippen LogP contribution in [0.1, 0.15) is 41.0 Å². The first-order valence-electron chi connectivity index (χ1n) is 7.13. The highest BCUT2D eigenvalue weighted by Crippen LogP contribution is 2.48. The molecule has 118 valence electrons. The van der Waals surface area contributed by atoms with Crippen LogP contribution in [0.4, 0.5) is 4.39 Å². The van der Waals surface area contributed by atoms with Crippen molar-refractivity contribution in [3.8, 4) is 0 Å². The van der Waals surface area contributed by atoms with Crippen molar-refractivity contribution in [2.45, 2.75) is 58.9 Å². The topological polar surface area (TPSA) is 57.5 Å². The summed E-state index contributed by atoms with van der Waals surface area (Å²) in [7, 11) is 0. The van der Waals surface area contributed by atoms with Crippen molar-refractivity contribution >= 4 is 6.29 Å². The largest absolute Gasteiger partial charge is 0.389 e. The van der Waals surface area contributed by atoms with E-state index in [1.807, 2.05) is 13.8 Å². The Balaban J connectivity index is 3.39. The molecule has 0 saturated carbocycles. The van der Waals surface area contributed by atoms with Gasteiger partial charge in [-0.2, -0.15) is 0 Å². The summed E-state index contributed by atoms with van der Waals surface area (Å²) >= 11 is 0. The molecule has 0 aromatic carbocycles. The standard InChI is InChI=1S/C17H25FO3/c1-11(7-9-19)6-8-17(21)12(2)15(13(3)18)14(20)10-16(17,4)5/h6-9,13-14,20-21H,10H2,1-5H3. The summed E-state index contributed by atoms with van der Waals surface area (Å²) in [6.07, 6.45) is 3.37. The van der Waals surface area contributed by atoms with E-state index in [4.69, 9.17) is 0 Å². The van der Waals surface area contributed by atoms with E-state index in [1.54, 1.807) is 26.0 Å². The molecule has 0 radical (unpaired) electrons. The van der Waals surface area contributed by atoms with Crippen LogP contribution >= 0.6 is 0 Å². The number of allylic oxidation sites excluding steroid dienone is 3. The maximum Gasteiger partial charge on any atom is 0.143 e. The highest BCUT2D eigenvalue weighted by molar-refractivity contribution is 5.67. The van der Waals surface area contributed by atoms with Crippen LogP contribution in [0.15, 0.2) is 34.9 Å². The molecule has 1 rings (SSSR count). The van der Waals surface area contributed by atoms with Gasteiger partial charge in [-0.25, -0.2) is 4.39 Å².